The fourth-order valence-corrected chi connectivity index (χ4v) is 3.60. The molecule has 1 atom stereocenters. The number of hydrogen-bond donors (Lipinski definition) is 0. The van der Waals surface area contributed by atoms with Crippen LogP contribution in [-0.4, -0.2) is 68.8 Å². The lowest BCUT2D eigenvalue weighted by atomic mass is 10.1. The van der Waals surface area contributed by atoms with Crippen LogP contribution in [0.2, 0.25) is 5.02 Å². The van der Waals surface area contributed by atoms with Crippen LogP contribution in [0.25, 0.3) is 0 Å². The van der Waals surface area contributed by atoms with E-state index in [1.165, 1.54) is 0 Å². The highest BCUT2D eigenvalue weighted by Crippen LogP contribution is 2.29. The molecule has 2 saturated heterocycles. The zero-order valence-electron chi connectivity index (χ0n) is 13.5. The Hall–Kier alpha value is -1.30. The summed E-state index contributed by atoms with van der Waals surface area (Å²) in [5.41, 5.74) is 0.476. The molecule has 0 bridgehead atoms. The van der Waals surface area contributed by atoms with Gasteiger partial charge in [0.25, 0.3) is 5.91 Å². The van der Waals surface area contributed by atoms with E-state index in [1.807, 2.05) is 4.90 Å². The van der Waals surface area contributed by atoms with Gasteiger partial charge in [-0.25, -0.2) is 0 Å². The molecule has 1 unspecified atom stereocenters. The van der Waals surface area contributed by atoms with Crippen molar-refractivity contribution >= 4 is 17.5 Å². The molecule has 126 valence electrons. The van der Waals surface area contributed by atoms with Gasteiger partial charge >= 0.3 is 0 Å². The first-order valence-electron chi connectivity index (χ1n) is 8.11. The normalized spacial score (nSPS) is 22.3. The molecule has 2 aliphatic heterocycles. The molecule has 1 aromatic carbocycles. The van der Waals surface area contributed by atoms with E-state index in [9.17, 15) is 4.79 Å². The smallest absolute Gasteiger partial charge is 0.259 e. The Morgan fingerprint density at radius 1 is 1.35 bits per heavy atom. The van der Waals surface area contributed by atoms with Crippen LogP contribution in [0.4, 0.5) is 0 Å². The Morgan fingerprint density at radius 3 is 2.87 bits per heavy atom. The van der Waals surface area contributed by atoms with Gasteiger partial charge in [-0.1, -0.05) is 17.7 Å². The number of hydrogen-bond acceptors (Lipinski definition) is 4. The highest BCUT2D eigenvalue weighted by atomic mass is 35.5. The average molecular weight is 339 g/mol. The van der Waals surface area contributed by atoms with Crippen molar-refractivity contribution in [3.8, 4) is 5.75 Å². The van der Waals surface area contributed by atoms with Crippen molar-refractivity contribution in [3.63, 3.8) is 0 Å². The third-order valence-corrected chi connectivity index (χ3v) is 4.92. The van der Waals surface area contributed by atoms with Crippen LogP contribution in [0.5, 0.6) is 5.75 Å². The summed E-state index contributed by atoms with van der Waals surface area (Å²) in [6.07, 6.45) is 1.04. The Bertz CT molecular complexity index is 561. The lowest BCUT2D eigenvalue weighted by Gasteiger charge is -2.29. The van der Waals surface area contributed by atoms with Crippen LogP contribution >= 0.6 is 11.6 Å². The minimum atomic E-state index is -0.0306. The van der Waals surface area contributed by atoms with Crippen molar-refractivity contribution in [1.82, 2.24) is 9.80 Å². The summed E-state index contributed by atoms with van der Waals surface area (Å²) in [7, 11) is 1.56. The van der Waals surface area contributed by atoms with Gasteiger partial charge in [0.15, 0.2) is 0 Å². The summed E-state index contributed by atoms with van der Waals surface area (Å²) in [6.45, 7) is 6.20. The van der Waals surface area contributed by atoms with Crippen LogP contribution in [0.15, 0.2) is 18.2 Å². The molecular formula is C17H23ClN2O3. The van der Waals surface area contributed by atoms with Gasteiger partial charge in [-0.15, -0.1) is 0 Å². The number of benzene rings is 1. The number of ether oxygens (including phenoxy) is 2. The SMILES string of the molecule is COc1cccc(Cl)c1C(=O)N1CCC(CN2CCOCC2)C1. The third-order valence-electron chi connectivity index (χ3n) is 4.60. The van der Waals surface area contributed by atoms with E-state index in [1.54, 1.807) is 25.3 Å². The van der Waals surface area contributed by atoms with Crippen LogP contribution < -0.4 is 4.74 Å². The molecule has 0 radical (unpaired) electrons. The highest BCUT2D eigenvalue weighted by molar-refractivity contribution is 6.34. The average Bonchev–Trinajstić information content (AvgIpc) is 3.03. The topological polar surface area (TPSA) is 42.0 Å². The van der Waals surface area contributed by atoms with Crippen LogP contribution in [0.3, 0.4) is 0 Å². The quantitative estimate of drug-likeness (QED) is 0.843. The van der Waals surface area contributed by atoms with Gasteiger partial charge in [-0.05, 0) is 24.5 Å². The summed E-state index contributed by atoms with van der Waals surface area (Å²) in [5, 5.41) is 0.450. The predicted octanol–water partition coefficient (Wildman–Crippen LogP) is 2.14. The molecular weight excluding hydrogens is 316 g/mol. The zero-order chi connectivity index (χ0) is 16.2. The summed E-state index contributed by atoms with van der Waals surface area (Å²) in [4.78, 5) is 17.1. The van der Waals surface area contributed by atoms with Gasteiger partial charge < -0.3 is 14.4 Å². The maximum Gasteiger partial charge on any atom is 0.259 e. The van der Waals surface area contributed by atoms with E-state index in [2.05, 4.69) is 4.90 Å². The number of rotatable bonds is 4. The van der Waals surface area contributed by atoms with Gasteiger partial charge in [-0.2, -0.15) is 0 Å². The summed E-state index contributed by atoms with van der Waals surface area (Å²) in [5.74, 6) is 1.03. The molecule has 0 N–H and O–H groups in total. The molecule has 2 heterocycles. The van der Waals surface area contributed by atoms with Crippen molar-refractivity contribution in [2.75, 3.05) is 53.0 Å². The van der Waals surface area contributed by atoms with Crippen molar-refractivity contribution in [1.29, 1.82) is 0 Å². The fraction of sp³-hybridized carbons (Fsp3) is 0.588. The first-order chi connectivity index (χ1) is 11.2. The molecule has 5 nitrogen and oxygen atoms in total. The number of carbonyl (C=O) groups is 1. The standard InChI is InChI=1S/C17H23ClN2O3/c1-22-15-4-2-3-14(18)16(15)17(21)20-6-5-13(12-20)11-19-7-9-23-10-8-19/h2-4,13H,5-12H2,1H3. The van der Waals surface area contributed by atoms with E-state index >= 15 is 0 Å². The Labute approximate surface area is 142 Å². The van der Waals surface area contributed by atoms with E-state index < -0.39 is 0 Å². The second kappa shape index (κ2) is 7.51. The number of methoxy groups -OCH3 is 1. The summed E-state index contributed by atoms with van der Waals surface area (Å²) >= 11 is 6.22. The number of nitrogens with zero attached hydrogens (tertiary/aromatic N) is 2. The molecule has 0 aromatic heterocycles. The summed E-state index contributed by atoms with van der Waals surface area (Å²) < 4.78 is 10.7. The van der Waals surface area contributed by atoms with Gasteiger partial charge in [0.2, 0.25) is 0 Å². The van der Waals surface area contributed by atoms with Crippen molar-refractivity contribution < 1.29 is 14.3 Å². The lowest BCUT2D eigenvalue weighted by molar-refractivity contribution is 0.0310. The summed E-state index contributed by atoms with van der Waals surface area (Å²) in [6, 6.07) is 5.31. The zero-order valence-corrected chi connectivity index (χ0v) is 14.2. The molecule has 1 aromatic rings. The number of likely N-dealkylation sites (tertiary alicyclic amines) is 1. The lowest BCUT2D eigenvalue weighted by Crippen LogP contribution is -2.40. The van der Waals surface area contributed by atoms with Crippen molar-refractivity contribution in [3.05, 3.63) is 28.8 Å². The maximum atomic E-state index is 12.8. The Kier molecular flexibility index (Phi) is 5.41. The fourth-order valence-electron chi connectivity index (χ4n) is 3.36. The van der Waals surface area contributed by atoms with Crippen molar-refractivity contribution in [2.24, 2.45) is 5.92 Å². The van der Waals surface area contributed by atoms with E-state index in [-0.39, 0.29) is 5.91 Å². The number of halogens is 1. The van der Waals surface area contributed by atoms with Crippen LogP contribution in [0, 0.1) is 5.92 Å². The molecule has 2 fully saturated rings. The molecule has 2 aliphatic rings. The third kappa shape index (κ3) is 3.79. The van der Waals surface area contributed by atoms with Gasteiger partial charge in [0.1, 0.15) is 11.3 Å². The van der Waals surface area contributed by atoms with E-state index in [0.717, 1.165) is 52.4 Å². The number of morpholine rings is 1. The first-order valence-corrected chi connectivity index (χ1v) is 8.48. The van der Waals surface area contributed by atoms with Gasteiger partial charge in [0.05, 0.1) is 25.3 Å². The predicted molar refractivity (Wildman–Crippen MR) is 89.3 cm³/mol. The number of carbonyl (C=O) groups excluding carboxylic acids is 1. The second-order valence-corrected chi connectivity index (χ2v) is 6.54. The van der Waals surface area contributed by atoms with Crippen molar-refractivity contribution in [2.45, 2.75) is 6.42 Å². The van der Waals surface area contributed by atoms with E-state index in [0.29, 0.717) is 22.3 Å². The maximum absolute atomic E-state index is 12.8. The largest absolute Gasteiger partial charge is 0.496 e. The Morgan fingerprint density at radius 2 is 2.13 bits per heavy atom. The van der Waals surface area contributed by atoms with Gasteiger partial charge in [0, 0.05) is 32.7 Å². The van der Waals surface area contributed by atoms with Gasteiger partial charge in [-0.3, -0.25) is 9.69 Å². The molecule has 3 rings (SSSR count). The number of amides is 1. The Balaban J connectivity index is 1.63. The minimum absolute atomic E-state index is 0.0306. The highest BCUT2D eigenvalue weighted by Gasteiger charge is 2.30. The first kappa shape index (κ1) is 16.6. The van der Waals surface area contributed by atoms with Crippen LogP contribution in [-0.2, 0) is 4.74 Å². The van der Waals surface area contributed by atoms with Crippen LogP contribution in [0.1, 0.15) is 16.8 Å². The second-order valence-electron chi connectivity index (χ2n) is 6.14. The monoisotopic (exact) mass is 338 g/mol. The minimum Gasteiger partial charge on any atom is -0.496 e. The molecule has 1 amide bonds. The molecule has 6 heteroatoms. The molecule has 0 saturated carbocycles. The molecule has 0 aliphatic carbocycles. The van der Waals surface area contributed by atoms with E-state index in [4.69, 9.17) is 21.1 Å². The molecule has 0 spiro atoms. The molecule has 23 heavy (non-hydrogen) atoms.